The van der Waals surface area contributed by atoms with Crippen LogP contribution < -0.4 is 5.73 Å². The number of benzene rings is 1. The van der Waals surface area contributed by atoms with Crippen molar-refractivity contribution in [2.24, 2.45) is 11.7 Å². The first-order chi connectivity index (χ1) is 7.82. The fourth-order valence-corrected chi connectivity index (χ4v) is 1.99. The van der Waals surface area contributed by atoms with Gasteiger partial charge in [0.1, 0.15) is 0 Å². The molecule has 0 fully saturated rings. The third-order valence-electron chi connectivity index (χ3n) is 3.03. The van der Waals surface area contributed by atoms with E-state index in [4.69, 9.17) is 5.73 Å². The highest BCUT2D eigenvalue weighted by atomic mass is 16.6. The Morgan fingerprint density at radius 3 is 2.41 bits per heavy atom. The molecule has 0 radical (unpaired) electrons. The minimum atomic E-state index is -0.363. The Bertz CT molecular complexity index is 428. The van der Waals surface area contributed by atoms with Crippen LogP contribution in [0.15, 0.2) is 12.1 Å². The van der Waals surface area contributed by atoms with Crippen molar-refractivity contribution in [1.29, 1.82) is 0 Å². The monoisotopic (exact) mass is 236 g/mol. The van der Waals surface area contributed by atoms with Gasteiger partial charge in [-0.1, -0.05) is 13.8 Å². The summed E-state index contributed by atoms with van der Waals surface area (Å²) < 4.78 is 0. The minimum absolute atomic E-state index is 0.127. The van der Waals surface area contributed by atoms with Gasteiger partial charge >= 0.3 is 0 Å². The predicted octanol–water partition coefficient (Wildman–Crippen LogP) is 3.26. The van der Waals surface area contributed by atoms with Crippen LogP contribution in [0.25, 0.3) is 0 Å². The van der Waals surface area contributed by atoms with Gasteiger partial charge in [-0.3, -0.25) is 10.1 Å². The predicted molar refractivity (Wildman–Crippen MR) is 69.0 cm³/mol. The molecule has 1 rings (SSSR count). The third-order valence-corrected chi connectivity index (χ3v) is 3.03. The fraction of sp³-hybridized carbons (Fsp3) is 0.538. The summed E-state index contributed by atoms with van der Waals surface area (Å²) in [6.07, 6.45) is 0.835. The van der Waals surface area contributed by atoms with Crippen molar-refractivity contribution >= 4 is 5.69 Å². The maximum atomic E-state index is 10.8. The molecule has 1 aromatic rings. The molecule has 0 saturated heterocycles. The van der Waals surface area contributed by atoms with Crippen molar-refractivity contribution in [1.82, 2.24) is 0 Å². The van der Waals surface area contributed by atoms with Gasteiger partial charge in [0, 0.05) is 18.2 Å². The van der Waals surface area contributed by atoms with Crippen LogP contribution in [0.4, 0.5) is 5.69 Å². The molecule has 94 valence electrons. The van der Waals surface area contributed by atoms with E-state index in [-0.39, 0.29) is 16.7 Å². The normalized spacial score (nSPS) is 12.8. The SMILES string of the molecule is Cc1cc([N+](=O)[O-])cc(C(N)CC(C)C)c1C. The van der Waals surface area contributed by atoms with E-state index in [1.54, 1.807) is 12.1 Å². The van der Waals surface area contributed by atoms with Crippen molar-refractivity contribution in [3.63, 3.8) is 0 Å². The number of nitrogens with zero attached hydrogens (tertiary/aromatic N) is 1. The molecular weight excluding hydrogens is 216 g/mol. The van der Waals surface area contributed by atoms with Crippen molar-refractivity contribution < 1.29 is 4.92 Å². The lowest BCUT2D eigenvalue weighted by atomic mass is 9.92. The Morgan fingerprint density at radius 1 is 1.35 bits per heavy atom. The van der Waals surface area contributed by atoms with Crippen LogP contribution in [0, 0.1) is 29.9 Å². The first kappa shape index (κ1) is 13.6. The smallest absolute Gasteiger partial charge is 0.270 e. The van der Waals surface area contributed by atoms with Crippen LogP contribution in [0.2, 0.25) is 0 Å². The Labute approximate surface area is 102 Å². The average Bonchev–Trinajstić information content (AvgIpc) is 2.20. The molecule has 1 aromatic carbocycles. The fourth-order valence-electron chi connectivity index (χ4n) is 1.99. The molecule has 1 unspecified atom stereocenters. The number of nitro benzene ring substituents is 1. The van der Waals surface area contributed by atoms with E-state index in [2.05, 4.69) is 13.8 Å². The standard InChI is InChI=1S/C13H20N2O2/c1-8(2)5-13(14)12-7-11(15(16)17)6-9(3)10(12)4/h6-8,13H,5,14H2,1-4H3. The molecule has 0 heterocycles. The van der Waals surface area contributed by atoms with Crippen LogP contribution in [0.1, 0.15) is 43.0 Å². The molecule has 4 nitrogen and oxygen atoms in total. The summed E-state index contributed by atoms with van der Waals surface area (Å²) in [6.45, 7) is 8.04. The van der Waals surface area contributed by atoms with Gasteiger partial charge in [-0.25, -0.2) is 0 Å². The lowest BCUT2D eigenvalue weighted by Gasteiger charge is -2.18. The molecule has 0 spiro atoms. The largest absolute Gasteiger partial charge is 0.324 e. The first-order valence-electron chi connectivity index (χ1n) is 5.84. The molecular formula is C13H20N2O2. The van der Waals surface area contributed by atoms with Gasteiger partial charge in [-0.2, -0.15) is 0 Å². The topological polar surface area (TPSA) is 69.2 Å². The molecule has 1 atom stereocenters. The summed E-state index contributed by atoms with van der Waals surface area (Å²) in [5, 5.41) is 10.8. The Balaban J connectivity index is 3.17. The second kappa shape index (κ2) is 5.27. The van der Waals surface area contributed by atoms with Crippen LogP contribution >= 0.6 is 0 Å². The quantitative estimate of drug-likeness (QED) is 0.644. The molecule has 17 heavy (non-hydrogen) atoms. The number of hydrogen-bond acceptors (Lipinski definition) is 3. The highest BCUT2D eigenvalue weighted by molar-refractivity contribution is 5.45. The van der Waals surface area contributed by atoms with Gasteiger partial charge in [-0.05, 0) is 42.9 Å². The second-order valence-electron chi connectivity index (χ2n) is 4.97. The van der Waals surface area contributed by atoms with E-state index < -0.39 is 0 Å². The zero-order valence-electron chi connectivity index (χ0n) is 10.9. The lowest BCUT2D eigenvalue weighted by Crippen LogP contribution is -2.15. The Hall–Kier alpha value is -1.42. The minimum Gasteiger partial charge on any atom is -0.324 e. The summed E-state index contributed by atoms with van der Waals surface area (Å²) in [5.74, 6) is 0.476. The van der Waals surface area contributed by atoms with Crippen molar-refractivity contribution in [2.45, 2.75) is 40.2 Å². The molecule has 0 aliphatic carbocycles. The second-order valence-corrected chi connectivity index (χ2v) is 4.97. The average molecular weight is 236 g/mol. The van der Waals surface area contributed by atoms with Gasteiger partial charge in [0.15, 0.2) is 0 Å². The summed E-state index contributed by atoms with van der Waals surface area (Å²) in [7, 11) is 0. The van der Waals surface area contributed by atoms with Crippen LogP contribution in [0.5, 0.6) is 0 Å². The first-order valence-corrected chi connectivity index (χ1v) is 5.84. The summed E-state index contributed by atoms with van der Waals surface area (Å²) in [4.78, 5) is 10.5. The van der Waals surface area contributed by atoms with E-state index in [9.17, 15) is 10.1 Å². The summed E-state index contributed by atoms with van der Waals surface area (Å²) >= 11 is 0. The maximum absolute atomic E-state index is 10.8. The van der Waals surface area contributed by atoms with Gasteiger partial charge in [-0.15, -0.1) is 0 Å². The van der Waals surface area contributed by atoms with Crippen molar-refractivity contribution in [3.8, 4) is 0 Å². The molecule has 0 aliphatic heterocycles. The molecule has 4 heteroatoms. The van der Waals surface area contributed by atoms with E-state index in [1.807, 2.05) is 13.8 Å². The van der Waals surface area contributed by atoms with Gasteiger partial charge in [0.25, 0.3) is 5.69 Å². The molecule has 0 aromatic heterocycles. The summed E-state index contributed by atoms with van der Waals surface area (Å²) in [5.41, 5.74) is 9.12. The van der Waals surface area contributed by atoms with Gasteiger partial charge in [0.2, 0.25) is 0 Å². The number of hydrogen-bond donors (Lipinski definition) is 1. The van der Waals surface area contributed by atoms with E-state index in [0.717, 1.165) is 23.1 Å². The number of non-ortho nitro benzene ring substituents is 1. The van der Waals surface area contributed by atoms with Gasteiger partial charge in [0.05, 0.1) is 4.92 Å². The molecule has 2 N–H and O–H groups in total. The highest BCUT2D eigenvalue weighted by Gasteiger charge is 2.17. The maximum Gasteiger partial charge on any atom is 0.270 e. The molecule has 0 saturated carbocycles. The number of nitro groups is 1. The zero-order valence-corrected chi connectivity index (χ0v) is 10.9. The van der Waals surface area contributed by atoms with E-state index in [1.165, 1.54) is 0 Å². The third kappa shape index (κ3) is 3.27. The van der Waals surface area contributed by atoms with Gasteiger partial charge < -0.3 is 5.73 Å². The molecule has 0 amide bonds. The number of aryl methyl sites for hydroxylation is 1. The zero-order chi connectivity index (χ0) is 13.2. The van der Waals surface area contributed by atoms with E-state index in [0.29, 0.717) is 5.92 Å². The van der Waals surface area contributed by atoms with Crippen LogP contribution in [0.3, 0.4) is 0 Å². The van der Waals surface area contributed by atoms with Crippen LogP contribution in [-0.2, 0) is 0 Å². The highest BCUT2D eigenvalue weighted by Crippen LogP contribution is 2.28. The Kier molecular flexibility index (Phi) is 4.23. The molecule has 0 bridgehead atoms. The number of rotatable bonds is 4. The molecule has 0 aliphatic rings. The van der Waals surface area contributed by atoms with Crippen molar-refractivity contribution in [3.05, 3.63) is 38.9 Å². The lowest BCUT2D eigenvalue weighted by molar-refractivity contribution is -0.385. The number of nitrogens with two attached hydrogens (primary N) is 1. The summed E-state index contributed by atoms with van der Waals surface area (Å²) in [6, 6.07) is 3.07. The Morgan fingerprint density at radius 2 is 1.94 bits per heavy atom. The van der Waals surface area contributed by atoms with Crippen molar-refractivity contribution in [2.75, 3.05) is 0 Å². The van der Waals surface area contributed by atoms with E-state index >= 15 is 0 Å². The van der Waals surface area contributed by atoms with Crippen LogP contribution in [-0.4, -0.2) is 4.92 Å².